The van der Waals surface area contributed by atoms with Gasteiger partial charge in [0.2, 0.25) is 5.95 Å². The van der Waals surface area contributed by atoms with Gasteiger partial charge in [0.25, 0.3) is 11.5 Å². The van der Waals surface area contributed by atoms with E-state index in [1.807, 2.05) is 45.8 Å². The zero-order valence-corrected chi connectivity index (χ0v) is 14.2. The normalized spacial score (nSPS) is 15.3. The average Bonchev–Trinajstić information content (AvgIpc) is 3.06. The summed E-state index contributed by atoms with van der Waals surface area (Å²) in [6.45, 7) is 1.41. The molecule has 8 nitrogen and oxygen atoms in total. The Morgan fingerprint density at radius 3 is 2.81 bits per heavy atom. The van der Waals surface area contributed by atoms with Gasteiger partial charge in [-0.05, 0) is 37.1 Å². The van der Waals surface area contributed by atoms with Crippen molar-refractivity contribution in [2.24, 2.45) is 0 Å². The third kappa shape index (κ3) is 3.13. The summed E-state index contributed by atoms with van der Waals surface area (Å²) < 4.78 is 1.88. The Hall–Kier alpha value is -3.29. The predicted octanol–water partition coefficient (Wildman–Crippen LogP) is 1.00. The molecule has 8 heteroatoms. The quantitative estimate of drug-likeness (QED) is 0.652. The lowest BCUT2D eigenvalue weighted by Crippen LogP contribution is -2.45. The van der Waals surface area contributed by atoms with Gasteiger partial charge < -0.3 is 20.4 Å². The lowest BCUT2D eigenvalue weighted by Gasteiger charge is -2.33. The van der Waals surface area contributed by atoms with E-state index >= 15 is 0 Å². The number of nitrogens with two attached hydrogens (primary N) is 1. The molecular weight excluding hydrogens is 332 g/mol. The number of rotatable bonds is 3. The summed E-state index contributed by atoms with van der Waals surface area (Å²) in [5.74, 6) is 0.616. The van der Waals surface area contributed by atoms with Crippen molar-refractivity contribution in [2.45, 2.75) is 18.9 Å². The molecule has 0 saturated carbocycles. The Kier molecular flexibility index (Phi) is 4.08. The number of H-pyrrole nitrogens is 1. The van der Waals surface area contributed by atoms with Crippen LogP contribution in [0.2, 0.25) is 0 Å². The van der Waals surface area contributed by atoms with E-state index in [1.54, 1.807) is 0 Å². The van der Waals surface area contributed by atoms with Gasteiger partial charge in [0, 0.05) is 36.9 Å². The lowest BCUT2D eigenvalue weighted by molar-refractivity contribution is 0.0925. The van der Waals surface area contributed by atoms with Gasteiger partial charge in [0.1, 0.15) is 11.5 Å². The maximum Gasteiger partial charge on any atom is 0.268 e. The smallest absolute Gasteiger partial charge is 0.268 e. The molecule has 0 unspecified atom stereocenters. The zero-order valence-electron chi connectivity index (χ0n) is 14.2. The van der Waals surface area contributed by atoms with Gasteiger partial charge in [0.15, 0.2) is 0 Å². The number of piperidine rings is 1. The van der Waals surface area contributed by atoms with Gasteiger partial charge in [-0.25, -0.2) is 0 Å². The maximum atomic E-state index is 12.6. The summed E-state index contributed by atoms with van der Waals surface area (Å²) in [4.78, 5) is 32.8. The number of carbonyl (C=O) groups is 1. The van der Waals surface area contributed by atoms with Crippen molar-refractivity contribution >= 4 is 23.2 Å². The fourth-order valence-corrected chi connectivity index (χ4v) is 3.38. The highest BCUT2D eigenvalue weighted by Gasteiger charge is 2.23. The van der Waals surface area contributed by atoms with Crippen LogP contribution in [0.4, 0.5) is 11.8 Å². The minimum Gasteiger partial charge on any atom is -0.369 e. The molecule has 0 bridgehead atoms. The van der Waals surface area contributed by atoms with Crippen LogP contribution in [0.3, 0.4) is 0 Å². The van der Waals surface area contributed by atoms with E-state index in [-0.39, 0.29) is 23.5 Å². The van der Waals surface area contributed by atoms with Crippen molar-refractivity contribution < 1.29 is 4.79 Å². The number of carbonyl (C=O) groups excluding carboxylic acids is 1. The van der Waals surface area contributed by atoms with Crippen LogP contribution in [0.5, 0.6) is 0 Å². The van der Waals surface area contributed by atoms with Gasteiger partial charge in [-0.1, -0.05) is 6.07 Å². The number of aromatic amines is 1. The van der Waals surface area contributed by atoms with Crippen molar-refractivity contribution in [1.29, 1.82) is 0 Å². The maximum absolute atomic E-state index is 12.6. The molecule has 0 aliphatic carbocycles. The molecule has 0 spiro atoms. The molecule has 4 heterocycles. The number of hydrogen-bond acceptors (Lipinski definition) is 5. The summed E-state index contributed by atoms with van der Waals surface area (Å²) in [5.41, 5.74) is 6.97. The Balaban J connectivity index is 1.40. The van der Waals surface area contributed by atoms with Crippen LogP contribution in [-0.2, 0) is 0 Å². The van der Waals surface area contributed by atoms with E-state index in [2.05, 4.69) is 15.3 Å². The van der Waals surface area contributed by atoms with Gasteiger partial charge in [0.05, 0.1) is 0 Å². The van der Waals surface area contributed by atoms with Gasteiger partial charge in [-0.15, -0.1) is 0 Å². The molecule has 1 amide bonds. The number of hydrogen-bond donors (Lipinski definition) is 3. The topological polar surface area (TPSA) is 109 Å². The largest absolute Gasteiger partial charge is 0.369 e. The summed E-state index contributed by atoms with van der Waals surface area (Å²) in [5, 5.41) is 3.11. The van der Waals surface area contributed by atoms with Crippen molar-refractivity contribution in [3.8, 4) is 0 Å². The fourth-order valence-electron chi connectivity index (χ4n) is 3.38. The molecule has 3 aromatic heterocycles. The molecule has 134 valence electrons. The Bertz CT molecular complexity index is 1000. The first kappa shape index (κ1) is 16.2. The summed E-state index contributed by atoms with van der Waals surface area (Å²) in [6, 6.07) is 11.1. The van der Waals surface area contributed by atoms with Crippen molar-refractivity contribution in [3.63, 3.8) is 0 Å². The van der Waals surface area contributed by atoms with Gasteiger partial charge >= 0.3 is 0 Å². The second-order valence-corrected chi connectivity index (χ2v) is 6.44. The second-order valence-electron chi connectivity index (χ2n) is 6.44. The molecule has 3 aromatic rings. The molecule has 0 aromatic carbocycles. The molecule has 1 fully saturated rings. The minimum atomic E-state index is -0.261. The number of anilines is 2. The van der Waals surface area contributed by atoms with E-state index in [0.717, 1.165) is 18.4 Å². The van der Waals surface area contributed by atoms with Crippen molar-refractivity contribution in [1.82, 2.24) is 19.7 Å². The van der Waals surface area contributed by atoms with Crippen LogP contribution in [0.15, 0.2) is 47.4 Å². The SMILES string of the molecule is Nc1nc(N2CCC(NC(=O)c3ccc4ccccn34)CC2)cc(=O)[nH]1. The number of nitrogens with zero attached hydrogens (tertiary/aromatic N) is 3. The standard InChI is InChI=1S/C18H20N6O2/c19-18-21-15(11-16(25)22-18)23-9-6-12(7-10-23)20-17(26)14-5-4-13-3-1-2-8-24(13)14/h1-5,8,11-12H,6-7,9-10H2,(H,20,26)(H3,19,21,22,25). The van der Waals surface area contributed by atoms with Gasteiger partial charge in [-0.3, -0.25) is 14.6 Å². The highest BCUT2D eigenvalue weighted by Crippen LogP contribution is 2.18. The number of pyridine rings is 1. The Morgan fingerprint density at radius 1 is 1.23 bits per heavy atom. The van der Waals surface area contributed by atoms with Crippen LogP contribution in [0.1, 0.15) is 23.3 Å². The third-order valence-electron chi connectivity index (χ3n) is 4.70. The highest BCUT2D eigenvalue weighted by atomic mass is 16.2. The first-order valence-corrected chi connectivity index (χ1v) is 8.59. The van der Waals surface area contributed by atoms with Crippen LogP contribution >= 0.6 is 0 Å². The molecule has 0 radical (unpaired) electrons. The first-order chi connectivity index (χ1) is 12.6. The number of nitrogen functional groups attached to an aromatic ring is 1. The first-order valence-electron chi connectivity index (χ1n) is 8.59. The van der Waals surface area contributed by atoms with E-state index in [1.165, 1.54) is 6.07 Å². The molecule has 1 aliphatic rings. The second kappa shape index (κ2) is 6.55. The zero-order chi connectivity index (χ0) is 18.1. The Morgan fingerprint density at radius 2 is 2.04 bits per heavy atom. The van der Waals surface area contributed by atoms with Crippen LogP contribution in [0.25, 0.3) is 5.52 Å². The molecule has 26 heavy (non-hydrogen) atoms. The molecule has 4 N–H and O–H groups in total. The number of fused-ring (bicyclic) bond motifs is 1. The molecule has 1 saturated heterocycles. The molecule has 4 rings (SSSR count). The molecule has 0 atom stereocenters. The number of aromatic nitrogens is 3. The van der Waals surface area contributed by atoms with E-state index < -0.39 is 0 Å². The van der Waals surface area contributed by atoms with E-state index in [4.69, 9.17) is 5.73 Å². The molecular formula is C18H20N6O2. The van der Waals surface area contributed by atoms with Crippen LogP contribution < -0.4 is 21.5 Å². The minimum absolute atomic E-state index is 0.0758. The third-order valence-corrected chi connectivity index (χ3v) is 4.70. The average molecular weight is 352 g/mol. The predicted molar refractivity (Wildman–Crippen MR) is 99.4 cm³/mol. The number of nitrogens with one attached hydrogen (secondary N) is 2. The van der Waals surface area contributed by atoms with E-state index in [9.17, 15) is 9.59 Å². The van der Waals surface area contributed by atoms with Crippen molar-refractivity contribution in [3.05, 3.63) is 58.6 Å². The van der Waals surface area contributed by atoms with E-state index in [0.29, 0.717) is 24.6 Å². The van der Waals surface area contributed by atoms with Crippen LogP contribution in [-0.4, -0.2) is 39.4 Å². The summed E-state index contributed by atoms with van der Waals surface area (Å²) in [6.07, 6.45) is 3.45. The summed E-state index contributed by atoms with van der Waals surface area (Å²) >= 11 is 0. The van der Waals surface area contributed by atoms with Crippen LogP contribution in [0, 0.1) is 0 Å². The van der Waals surface area contributed by atoms with Gasteiger partial charge in [-0.2, -0.15) is 4.98 Å². The molecule has 1 aliphatic heterocycles. The number of amides is 1. The monoisotopic (exact) mass is 352 g/mol. The summed E-state index contributed by atoms with van der Waals surface area (Å²) in [7, 11) is 0. The highest BCUT2D eigenvalue weighted by molar-refractivity contribution is 5.94. The Labute approximate surface area is 149 Å². The lowest BCUT2D eigenvalue weighted by atomic mass is 10.0. The van der Waals surface area contributed by atoms with Crippen molar-refractivity contribution in [2.75, 3.05) is 23.7 Å². The fraction of sp³-hybridized carbons (Fsp3) is 0.278.